The minimum atomic E-state index is -0.0857. The number of amides is 2. The van der Waals surface area contributed by atoms with Crippen LogP contribution in [0, 0.1) is 6.92 Å². The van der Waals surface area contributed by atoms with Crippen molar-refractivity contribution in [3.63, 3.8) is 0 Å². The fourth-order valence-corrected chi connectivity index (χ4v) is 3.02. The average Bonchev–Trinajstić information content (AvgIpc) is 2.94. The molecule has 3 heterocycles. The number of nitrogens with one attached hydrogen (secondary N) is 1. The lowest BCUT2D eigenvalue weighted by molar-refractivity contribution is -0.139. The van der Waals surface area contributed by atoms with Crippen molar-refractivity contribution in [2.45, 2.75) is 25.7 Å². The molecule has 0 radical (unpaired) electrons. The Morgan fingerprint density at radius 2 is 2.32 bits per heavy atom. The lowest BCUT2D eigenvalue weighted by Gasteiger charge is -2.33. The van der Waals surface area contributed by atoms with Crippen LogP contribution in [0.15, 0.2) is 4.52 Å². The maximum Gasteiger partial charge on any atom is 0.239 e. The van der Waals surface area contributed by atoms with Gasteiger partial charge in [0.1, 0.15) is 0 Å². The van der Waals surface area contributed by atoms with Gasteiger partial charge >= 0.3 is 0 Å². The van der Waals surface area contributed by atoms with E-state index >= 15 is 0 Å². The molecule has 1 aromatic rings. The standard InChI is InChI=1S/C14H21N5O3/c1-10-16-14(22-17-10)11-3-2-5-18(7-11)9-13(21)19-6-4-15-12(20)8-19/h11H,2-9H2,1H3,(H,15,20)/t11-/m1/s1. The third kappa shape index (κ3) is 3.44. The van der Waals surface area contributed by atoms with Crippen molar-refractivity contribution >= 4 is 11.8 Å². The molecule has 8 nitrogen and oxygen atoms in total. The Hall–Kier alpha value is -1.96. The highest BCUT2D eigenvalue weighted by molar-refractivity contribution is 5.86. The first kappa shape index (κ1) is 15.0. The number of carbonyl (C=O) groups is 2. The van der Waals surface area contributed by atoms with Gasteiger partial charge in [0, 0.05) is 19.6 Å². The third-order valence-electron chi connectivity index (χ3n) is 4.15. The Labute approximate surface area is 128 Å². The maximum absolute atomic E-state index is 12.3. The van der Waals surface area contributed by atoms with Gasteiger partial charge in [-0.3, -0.25) is 14.5 Å². The van der Waals surface area contributed by atoms with E-state index in [1.807, 2.05) is 0 Å². The summed E-state index contributed by atoms with van der Waals surface area (Å²) in [6.07, 6.45) is 2.00. The Morgan fingerprint density at radius 1 is 1.45 bits per heavy atom. The zero-order valence-electron chi connectivity index (χ0n) is 12.7. The molecule has 0 bridgehead atoms. The van der Waals surface area contributed by atoms with Gasteiger partial charge in [0.2, 0.25) is 17.7 Å². The zero-order valence-corrected chi connectivity index (χ0v) is 12.7. The average molecular weight is 307 g/mol. The molecule has 0 aliphatic carbocycles. The highest BCUT2D eigenvalue weighted by Crippen LogP contribution is 2.25. The van der Waals surface area contributed by atoms with Gasteiger partial charge in [-0.2, -0.15) is 4.98 Å². The molecule has 2 amide bonds. The molecule has 120 valence electrons. The van der Waals surface area contributed by atoms with Gasteiger partial charge in [0.25, 0.3) is 0 Å². The van der Waals surface area contributed by atoms with E-state index in [2.05, 4.69) is 20.4 Å². The number of piperazine rings is 1. The Morgan fingerprint density at radius 3 is 3.05 bits per heavy atom. The fourth-order valence-electron chi connectivity index (χ4n) is 3.02. The van der Waals surface area contributed by atoms with E-state index in [0.29, 0.717) is 31.3 Å². The van der Waals surface area contributed by atoms with Crippen molar-refractivity contribution in [2.24, 2.45) is 0 Å². The molecule has 22 heavy (non-hydrogen) atoms. The normalized spacial score (nSPS) is 23.4. The summed E-state index contributed by atoms with van der Waals surface area (Å²) in [5, 5.41) is 6.56. The predicted octanol–water partition coefficient (Wildman–Crippen LogP) is -0.484. The van der Waals surface area contributed by atoms with Crippen molar-refractivity contribution in [1.29, 1.82) is 0 Å². The van der Waals surface area contributed by atoms with Gasteiger partial charge in [-0.1, -0.05) is 5.16 Å². The summed E-state index contributed by atoms with van der Waals surface area (Å²) < 4.78 is 5.25. The summed E-state index contributed by atoms with van der Waals surface area (Å²) in [5.41, 5.74) is 0. The number of piperidine rings is 1. The SMILES string of the molecule is Cc1noc([C@@H]2CCCN(CC(=O)N3CCNC(=O)C3)C2)n1. The van der Waals surface area contributed by atoms with Crippen molar-refractivity contribution in [3.05, 3.63) is 11.7 Å². The molecule has 8 heteroatoms. The number of carbonyl (C=O) groups excluding carboxylic acids is 2. The molecule has 0 aromatic carbocycles. The Balaban J connectivity index is 1.56. The second-order valence-electron chi connectivity index (χ2n) is 5.92. The van der Waals surface area contributed by atoms with Gasteiger partial charge in [-0.15, -0.1) is 0 Å². The molecule has 3 rings (SSSR count). The predicted molar refractivity (Wildman–Crippen MR) is 77.0 cm³/mol. The molecule has 0 unspecified atom stereocenters. The summed E-state index contributed by atoms with van der Waals surface area (Å²) in [7, 11) is 0. The molecular weight excluding hydrogens is 286 g/mol. The highest BCUT2D eigenvalue weighted by Gasteiger charge is 2.28. The number of likely N-dealkylation sites (tertiary alicyclic amines) is 1. The largest absolute Gasteiger partial charge is 0.353 e. The summed E-state index contributed by atoms with van der Waals surface area (Å²) in [6.45, 7) is 5.07. The van der Waals surface area contributed by atoms with E-state index < -0.39 is 0 Å². The van der Waals surface area contributed by atoms with Crippen LogP contribution in [0.4, 0.5) is 0 Å². The third-order valence-corrected chi connectivity index (χ3v) is 4.15. The molecule has 0 spiro atoms. The minimum Gasteiger partial charge on any atom is -0.353 e. The molecule has 1 atom stereocenters. The Bertz CT molecular complexity index is 558. The fraction of sp³-hybridized carbons (Fsp3) is 0.714. The van der Waals surface area contributed by atoms with Crippen LogP contribution in [-0.2, 0) is 9.59 Å². The van der Waals surface area contributed by atoms with Crippen LogP contribution in [0.25, 0.3) is 0 Å². The van der Waals surface area contributed by atoms with Crippen LogP contribution >= 0.6 is 0 Å². The van der Waals surface area contributed by atoms with Crippen LogP contribution in [0.1, 0.15) is 30.5 Å². The minimum absolute atomic E-state index is 0.0113. The molecular formula is C14H21N5O3. The van der Waals surface area contributed by atoms with E-state index in [4.69, 9.17) is 4.52 Å². The quantitative estimate of drug-likeness (QED) is 0.810. The van der Waals surface area contributed by atoms with Crippen molar-refractivity contribution in [1.82, 2.24) is 25.3 Å². The van der Waals surface area contributed by atoms with Gasteiger partial charge in [-0.25, -0.2) is 0 Å². The molecule has 2 saturated heterocycles. The molecule has 2 aliphatic rings. The number of aromatic nitrogens is 2. The van der Waals surface area contributed by atoms with Crippen LogP contribution in [0.2, 0.25) is 0 Å². The molecule has 0 saturated carbocycles. The maximum atomic E-state index is 12.3. The van der Waals surface area contributed by atoms with Gasteiger partial charge in [0.15, 0.2) is 5.82 Å². The van der Waals surface area contributed by atoms with E-state index in [9.17, 15) is 9.59 Å². The second kappa shape index (κ2) is 6.43. The van der Waals surface area contributed by atoms with Crippen LogP contribution in [0.3, 0.4) is 0 Å². The summed E-state index contributed by atoms with van der Waals surface area (Å²) in [6, 6.07) is 0. The van der Waals surface area contributed by atoms with E-state index in [0.717, 1.165) is 25.9 Å². The Kier molecular flexibility index (Phi) is 4.37. The van der Waals surface area contributed by atoms with Crippen molar-refractivity contribution in [3.8, 4) is 0 Å². The zero-order chi connectivity index (χ0) is 15.5. The lowest BCUT2D eigenvalue weighted by atomic mass is 9.98. The van der Waals surface area contributed by atoms with E-state index in [1.54, 1.807) is 11.8 Å². The van der Waals surface area contributed by atoms with Gasteiger partial charge < -0.3 is 14.7 Å². The number of nitrogens with zero attached hydrogens (tertiary/aromatic N) is 4. The topological polar surface area (TPSA) is 91.6 Å². The van der Waals surface area contributed by atoms with Crippen LogP contribution in [0.5, 0.6) is 0 Å². The van der Waals surface area contributed by atoms with Crippen molar-refractivity contribution < 1.29 is 14.1 Å². The smallest absolute Gasteiger partial charge is 0.239 e. The first-order valence-electron chi connectivity index (χ1n) is 7.69. The number of hydrogen-bond donors (Lipinski definition) is 1. The monoisotopic (exact) mass is 307 g/mol. The molecule has 2 aliphatic heterocycles. The first-order chi connectivity index (χ1) is 10.6. The summed E-state index contributed by atoms with van der Waals surface area (Å²) >= 11 is 0. The number of rotatable bonds is 3. The van der Waals surface area contributed by atoms with Gasteiger partial charge in [0.05, 0.1) is 19.0 Å². The molecule has 1 N–H and O–H groups in total. The van der Waals surface area contributed by atoms with E-state index in [1.165, 1.54) is 0 Å². The lowest BCUT2D eigenvalue weighted by Crippen LogP contribution is -2.53. The van der Waals surface area contributed by atoms with Crippen LogP contribution in [-0.4, -0.2) is 71.0 Å². The van der Waals surface area contributed by atoms with Crippen LogP contribution < -0.4 is 5.32 Å². The summed E-state index contributed by atoms with van der Waals surface area (Å²) in [4.78, 5) is 31.7. The van der Waals surface area contributed by atoms with E-state index in [-0.39, 0.29) is 24.3 Å². The first-order valence-corrected chi connectivity index (χ1v) is 7.69. The number of aryl methyl sites for hydroxylation is 1. The number of hydrogen-bond acceptors (Lipinski definition) is 6. The summed E-state index contributed by atoms with van der Waals surface area (Å²) in [5.74, 6) is 1.41. The highest BCUT2D eigenvalue weighted by atomic mass is 16.5. The second-order valence-corrected chi connectivity index (χ2v) is 5.92. The van der Waals surface area contributed by atoms with Gasteiger partial charge in [-0.05, 0) is 26.3 Å². The molecule has 2 fully saturated rings. The molecule has 1 aromatic heterocycles. The van der Waals surface area contributed by atoms with Crippen molar-refractivity contribution in [2.75, 3.05) is 39.3 Å².